The maximum atomic E-state index is 12.1. The summed E-state index contributed by atoms with van der Waals surface area (Å²) in [6, 6.07) is -0.366. The Morgan fingerprint density at radius 1 is 1.37 bits per heavy atom. The largest absolute Gasteiger partial charge is 0.378 e. The fourth-order valence-electron chi connectivity index (χ4n) is 2.24. The molecule has 0 saturated carbocycles. The second-order valence-electron chi connectivity index (χ2n) is 4.65. The molecule has 1 N–H and O–H groups in total. The first kappa shape index (κ1) is 14.0. The minimum absolute atomic E-state index is 0.112. The Labute approximate surface area is 111 Å². The number of carbonyl (C=O) groups is 3. The summed E-state index contributed by atoms with van der Waals surface area (Å²) in [5, 5.41) is 2.87. The molecule has 106 valence electrons. The SMILES string of the molecule is CCC1NCC(=O)N(CC(=O)N2CCOCC2)C1=O. The molecule has 3 amide bonds. The molecule has 0 radical (unpaired) electrons. The number of carbonyl (C=O) groups excluding carboxylic acids is 3. The molecular formula is C12H19N3O4. The predicted octanol–water partition coefficient (Wildman–Crippen LogP) is -1.42. The molecule has 2 heterocycles. The number of nitrogens with zero attached hydrogens (tertiary/aromatic N) is 2. The average Bonchev–Trinajstić information content (AvgIpc) is 2.44. The number of hydrogen-bond acceptors (Lipinski definition) is 5. The molecule has 0 spiro atoms. The Balaban J connectivity index is 1.97. The lowest BCUT2D eigenvalue weighted by Gasteiger charge is -2.33. The first-order valence-electron chi connectivity index (χ1n) is 6.56. The van der Waals surface area contributed by atoms with Crippen molar-refractivity contribution in [3.05, 3.63) is 0 Å². The van der Waals surface area contributed by atoms with Gasteiger partial charge in [0.1, 0.15) is 6.54 Å². The van der Waals surface area contributed by atoms with Crippen LogP contribution in [-0.4, -0.2) is 73.0 Å². The van der Waals surface area contributed by atoms with Gasteiger partial charge in [0, 0.05) is 13.1 Å². The van der Waals surface area contributed by atoms with Crippen molar-refractivity contribution in [2.75, 3.05) is 39.4 Å². The van der Waals surface area contributed by atoms with E-state index in [4.69, 9.17) is 4.74 Å². The third kappa shape index (κ3) is 3.10. The van der Waals surface area contributed by atoms with E-state index in [0.29, 0.717) is 32.7 Å². The third-order valence-corrected chi connectivity index (χ3v) is 3.43. The van der Waals surface area contributed by atoms with Crippen LogP contribution in [0.5, 0.6) is 0 Å². The molecule has 7 heteroatoms. The molecule has 0 aromatic rings. The van der Waals surface area contributed by atoms with Crippen molar-refractivity contribution >= 4 is 17.7 Å². The van der Waals surface area contributed by atoms with E-state index in [1.807, 2.05) is 6.92 Å². The molecule has 2 aliphatic rings. The number of piperazine rings is 1. The Bertz CT molecular complexity index is 379. The number of ether oxygens (including phenoxy) is 1. The standard InChI is InChI=1S/C12H19N3O4/c1-2-9-12(18)15(10(16)7-13-9)8-11(17)14-3-5-19-6-4-14/h9,13H,2-8H2,1H3. The molecule has 0 bridgehead atoms. The molecule has 2 aliphatic heterocycles. The second-order valence-corrected chi connectivity index (χ2v) is 4.65. The highest BCUT2D eigenvalue weighted by atomic mass is 16.5. The summed E-state index contributed by atoms with van der Waals surface area (Å²) in [5.74, 6) is -0.835. The van der Waals surface area contributed by atoms with Crippen LogP contribution in [0.2, 0.25) is 0 Å². The summed E-state index contributed by atoms with van der Waals surface area (Å²) < 4.78 is 5.17. The van der Waals surface area contributed by atoms with Crippen LogP contribution in [0.1, 0.15) is 13.3 Å². The highest BCUT2D eigenvalue weighted by molar-refractivity contribution is 6.03. The topological polar surface area (TPSA) is 79.0 Å². The summed E-state index contributed by atoms with van der Waals surface area (Å²) in [6.45, 7) is 3.87. The van der Waals surface area contributed by atoms with Crippen molar-refractivity contribution in [1.29, 1.82) is 0 Å². The zero-order chi connectivity index (χ0) is 13.8. The van der Waals surface area contributed by atoms with Gasteiger partial charge >= 0.3 is 0 Å². The number of hydrogen-bond donors (Lipinski definition) is 1. The van der Waals surface area contributed by atoms with Gasteiger partial charge in [0.25, 0.3) is 0 Å². The van der Waals surface area contributed by atoms with Gasteiger partial charge in [-0.2, -0.15) is 0 Å². The van der Waals surface area contributed by atoms with Crippen molar-refractivity contribution in [2.24, 2.45) is 0 Å². The predicted molar refractivity (Wildman–Crippen MR) is 66.2 cm³/mol. The van der Waals surface area contributed by atoms with Gasteiger partial charge < -0.3 is 9.64 Å². The Morgan fingerprint density at radius 3 is 2.68 bits per heavy atom. The number of imide groups is 1. The van der Waals surface area contributed by atoms with E-state index in [1.165, 1.54) is 0 Å². The van der Waals surface area contributed by atoms with Gasteiger partial charge in [0.15, 0.2) is 0 Å². The summed E-state index contributed by atoms with van der Waals surface area (Å²) in [6.07, 6.45) is 0.606. The van der Waals surface area contributed by atoms with E-state index < -0.39 is 0 Å². The van der Waals surface area contributed by atoms with E-state index in [2.05, 4.69) is 5.32 Å². The van der Waals surface area contributed by atoms with Crippen LogP contribution in [0.3, 0.4) is 0 Å². The van der Waals surface area contributed by atoms with E-state index in [-0.39, 0.29) is 36.9 Å². The number of morpholine rings is 1. The van der Waals surface area contributed by atoms with Crippen molar-refractivity contribution in [1.82, 2.24) is 15.1 Å². The summed E-state index contributed by atoms with van der Waals surface area (Å²) in [5.41, 5.74) is 0. The smallest absolute Gasteiger partial charge is 0.246 e. The normalized spacial score (nSPS) is 24.8. The van der Waals surface area contributed by atoms with Crippen molar-refractivity contribution in [3.63, 3.8) is 0 Å². The number of amides is 3. The lowest BCUT2D eigenvalue weighted by Crippen LogP contribution is -2.60. The van der Waals surface area contributed by atoms with Crippen LogP contribution in [0.25, 0.3) is 0 Å². The molecule has 0 aromatic heterocycles. The first-order valence-corrected chi connectivity index (χ1v) is 6.56. The number of nitrogens with one attached hydrogen (secondary N) is 1. The van der Waals surface area contributed by atoms with E-state index >= 15 is 0 Å². The highest BCUT2D eigenvalue weighted by Crippen LogP contribution is 2.07. The molecule has 1 atom stereocenters. The fraction of sp³-hybridized carbons (Fsp3) is 0.750. The minimum atomic E-state index is -0.366. The van der Waals surface area contributed by atoms with Crippen LogP contribution in [0.4, 0.5) is 0 Å². The van der Waals surface area contributed by atoms with Gasteiger partial charge in [-0.25, -0.2) is 0 Å². The molecule has 19 heavy (non-hydrogen) atoms. The first-order chi connectivity index (χ1) is 9.13. The molecule has 7 nitrogen and oxygen atoms in total. The fourth-order valence-corrected chi connectivity index (χ4v) is 2.24. The average molecular weight is 269 g/mol. The minimum Gasteiger partial charge on any atom is -0.378 e. The maximum absolute atomic E-state index is 12.1. The van der Waals surface area contributed by atoms with Crippen LogP contribution in [0, 0.1) is 0 Å². The van der Waals surface area contributed by atoms with Crippen molar-refractivity contribution < 1.29 is 19.1 Å². The summed E-state index contributed by atoms with van der Waals surface area (Å²) in [4.78, 5) is 38.5. The maximum Gasteiger partial charge on any atom is 0.246 e. The van der Waals surface area contributed by atoms with E-state index in [0.717, 1.165) is 4.90 Å². The number of rotatable bonds is 3. The highest BCUT2D eigenvalue weighted by Gasteiger charge is 2.34. The quantitative estimate of drug-likeness (QED) is 0.636. The van der Waals surface area contributed by atoms with Crippen molar-refractivity contribution in [3.8, 4) is 0 Å². The molecular weight excluding hydrogens is 250 g/mol. The molecule has 2 fully saturated rings. The molecule has 0 aliphatic carbocycles. The Morgan fingerprint density at radius 2 is 2.05 bits per heavy atom. The molecule has 1 unspecified atom stereocenters. The van der Waals surface area contributed by atoms with Gasteiger partial charge in [-0.15, -0.1) is 0 Å². The lowest BCUT2D eigenvalue weighted by atomic mass is 10.1. The van der Waals surface area contributed by atoms with E-state index in [1.54, 1.807) is 4.90 Å². The Hall–Kier alpha value is -1.47. The summed E-state index contributed by atoms with van der Waals surface area (Å²) in [7, 11) is 0. The molecule has 2 rings (SSSR count). The van der Waals surface area contributed by atoms with Gasteiger partial charge in [0.05, 0.1) is 25.8 Å². The lowest BCUT2D eigenvalue weighted by molar-refractivity contribution is -0.154. The van der Waals surface area contributed by atoms with Gasteiger partial charge in [-0.1, -0.05) is 6.92 Å². The zero-order valence-electron chi connectivity index (χ0n) is 11.1. The third-order valence-electron chi connectivity index (χ3n) is 3.43. The van der Waals surface area contributed by atoms with E-state index in [9.17, 15) is 14.4 Å². The van der Waals surface area contributed by atoms with Crippen LogP contribution >= 0.6 is 0 Å². The van der Waals surface area contributed by atoms with Crippen molar-refractivity contribution in [2.45, 2.75) is 19.4 Å². The van der Waals surface area contributed by atoms with Gasteiger partial charge in [0.2, 0.25) is 17.7 Å². The Kier molecular flexibility index (Phi) is 4.49. The van der Waals surface area contributed by atoms with Gasteiger partial charge in [-0.3, -0.25) is 24.6 Å². The van der Waals surface area contributed by atoms with Gasteiger partial charge in [-0.05, 0) is 6.42 Å². The van der Waals surface area contributed by atoms with Crippen LogP contribution < -0.4 is 5.32 Å². The second kappa shape index (κ2) is 6.12. The van der Waals surface area contributed by atoms with Crippen LogP contribution in [0.15, 0.2) is 0 Å². The monoisotopic (exact) mass is 269 g/mol. The molecule has 0 aromatic carbocycles. The zero-order valence-corrected chi connectivity index (χ0v) is 11.1. The van der Waals surface area contributed by atoms with Crippen LogP contribution in [-0.2, 0) is 19.1 Å². The summed E-state index contributed by atoms with van der Waals surface area (Å²) >= 11 is 0. The molecule has 2 saturated heterocycles.